The van der Waals surface area contributed by atoms with E-state index >= 15 is 0 Å². The fraction of sp³-hybridized carbons (Fsp3) is 0.150. The van der Waals surface area contributed by atoms with Gasteiger partial charge in [-0.15, -0.1) is 0 Å². The zero-order chi connectivity index (χ0) is 19.6. The Labute approximate surface area is 162 Å². The van der Waals surface area contributed by atoms with Crippen molar-refractivity contribution < 1.29 is 19.1 Å². The molecular formula is C20H19ClN2O4. The lowest BCUT2D eigenvalue weighted by Gasteiger charge is -2.08. The van der Waals surface area contributed by atoms with Gasteiger partial charge in [0, 0.05) is 11.8 Å². The van der Waals surface area contributed by atoms with Crippen LogP contribution in [0.1, 0.15) is 22.8 Å². The number of hydrogen-bond donors (Lipinski definition) is 2. The summed E-state index contributed by atoms with van der Waals surface area (Å²) >= 11 is 5.95. The second kappa shape index (κ2) is 10.1. The van der Waals surface area contributed by atoms with Crippen LogP contribution in [-0.2, 0) is 14.3 Å². The summed E-state index contributed by atoms with van der Waals surface area (Å²) in [6, 6.07) is 13.5. The Bertz CT molecular complexity index is 847. The van der Waals surface area contributed by atoms with E-state index in [1.54, 1.807) is 61.5 Å². The van der Waals surface area contributed by atoms with E-state index in [1.165, 1.54) is 6.08 Å². The van der Waals surface area contributed by atoms with E-state index in [2.05, 4.69) is 10.6 Å². The average Bonchev–Trinajstić information content (AvgIpc) is 2.66. The first-order chi connectivity index (χ1) is 13.0. The summed E-state index contributed by atoms with van der Waals surface area (Å²) in [7, 11) is 0. The fourth-order valence-corrected chi connectivity index (χ4v) is 2.36. The Balaban J connectivity index is 1.84. The molecule has 0 aliphatic carbocycles. The van der Waals surface area contributed by atoms with Crippen molar-refractivity contribution in [2.45, 2.75) is 6.92 Å². The molecule has 0 aliphatic heterocycles. The molecule has 6 nitrogen and oxygen atoms in total. The molecule has 0 aromatic heterocycles. The minimum Gasteiger partial charge on any atom is -0.463 e. The number of ether oxygens (including phenoxy) is 1. The minimum absolute atomic E-state index is 0.186. The highest BCUT2D eigenvalue weighted by Crippen LogP contribution is 2.14. The summed E-state index contributed by atoms with van der Waals surface area (Å²) in [5.41, 5.74) is 1.66. The van der Waals surface area contributed by atoms with Crippen molar-refractivity contribution in [2.24, 2.45) is 0 Å². The van der Waals surface area contributed by atoms with E-state index in [-0.39, 0.29) is 12.5 Å². The second-order valence-electron chi connectivity index (χ2n) is 5.42. The minimum atomic E-state index is -0.421. The molecule has 0 heterocycles. The molecule has 2 amide bonds. The van der Waals surface area contributed by atoms with Crippen molar-refractivity contribution in [3.63, 3.8) is 0 Å². The lowest BCUT2D eigenvalue weighted by Crippen LogP contribution is -2.32. The zero-order valence-electron chi connectivity index (χ0n) is 14.7. The van der Waals surface area contributed by atoms with E-state index in [0.717, 1.165) is 5.56 Å². The molecule has 0 bridgehead atoms. The van der Waals surface area contributed by atoms with Gasteiger partial charge in [-0.25, -0.2) is 4.79 Å². The third kappa shape index (κ3) is 6.60. The molecule has 2 aromatic rings. The summed E-state index contributed by atoms with van der Waals surface area (Å²) in [5, 5.41) is 5.51. The largest absolute Gasteiger partial charge is 0.463 e. The molecule has 2 rings (SSSR count). The van der Waals surface area contributed by atoms with Crippen LogP contribution in [0.4, 0.5) is 5.69 Å². The monoisotopic (exact) mass is 386 g/mol. The molecule has 27 heavy (non-hydrogen) atoms. The molecule has 0 fully saturated rings. The highest BCUT2D eigenvalue weighted by atomic mass is 35.5. The first kappa shape index (κ1) is 20.2. The number of rotatable bonds is 7. The van der Waals surface area contributed by atoms with Crippen LogP contribution in [0.25, 0.3) is 6.08 Å². The van der Waals surface area contributed by atoms with Gasteiger partial charge < -0.3 is 15.4 Å². The van der Waals surface area contributed by atoms with Crippen LogP contribution < -0.4 is 10.6 Å². The highest BCUT2D eigenvalue weighted by Gasteiger charge is 2.11. The van der Waals surface area contributed by atoms with Gasteiger partial charge >= 0.3 is 5.97 Å². The Morgan fingerprint density at radius 3 is 2.44 bits per heavy atom. The molecule has 0 atom stereocenters. The Morgan fingerprint density at radius 2 is 1.78 bits per heavy atom. The van der Waals surface area contributed by atoms with Gasteiger partial charge in [-0.1, -0.05) is 35.9 Å². The summed E-state index contributed by atoms with van der Waals surface area (Å²) in [6.07, 6.45) is 2.95. The number of esters is 1. The standard InChI is InChI=1S/C20H19ClN2O4/c1-2-27-19(25)12-9-14-7-10-15(11-8-14)23-18(24)13-22-20(26)16-5-3-4-6-17(16)21/h3-12H,2,13H2,1H3,(H,22,26)(H,23,24)/b12-9+. The molecular weight excluding hydrogens is 368 g/mol. The Kier molecular flexibility index (Phi) is 7.58. The third-order valence-corrected chi connectivity index (χ3v) is 3.75. The van der Waals surface area contributed by atoms with Crippen LogP contribution in [0.3, 0.4) is 0 Å². The summed E-state index contributed by atoms with van der Waals surface area (Å²) in [4.78, 5) is 35.3. The molecule has 0 saturated carbocycles. The number of carbonyl (C=O) groups is 3. The first-order valence-electron chi connectivity index (χ1n) is 8.27. The van der Waals surface area contributed by atoms with Crippen molar-refractivity contribution >= 4 is 41.1 Å². The van der Waals surface area contributed by atoms with E-state index in [1.807, 2.05) is 0 Å². The number of hydrogen-bond acceptors (Lipinski definition) is 4. The molecule has 0 saturated heterocycles. The van der Waals surface area contributed by atoms with E-state index in [9.17, 15) is 14.4 Å². The average molecular weight is 387 g/mol. The van der Waals surface area contributed by atoms with Gasteiger partial charge in [0.15, 0.2) is 0 Å². The number of nitrogens with one attached hydrogen (secondary N) is 2. The molecule has 2 aromatic carbocycles. The topological polar surface area (TPSA) is 84.5 Å². The normalized spacial score (nSPS) is 10.4. The van der Waals surface area contributed by atoms with E-state index < -0.39 is 11.9 Å². The number of benzene rings is 2. The number of amides is 2. The van der Waals surface area contributed by atoms with E-state index in [0.29, 0.717) is 22.9 Å². The van der Waals surface area contributed by atoms with E-state index in [4.69, 9.17) is 16.3 Å². The van der Waals surface area contributed by atoms with Gasteiger partial charge in [0.1, 0.15) is 0 Å². The maximum atomic E-state index is 12.0. The number of carbonyl (C=O) groups excluding carboxylic acids is 3. The van der Waals surface area contributed by atoms with Crippen LogP contribution in [-0.4, -0.2) is 30.9 Å². The third-order valence-electron chi connectivity index (χ3n) is 3.42. The molecule has 7 heteroatoms. The van der Waals surface area contributed by atoms with Crippen LogP contribution in [0, 0.1) is 0 Å². The van der Waals surface area contributed by atoms with Gasteiger partial charge in [0.05, 0.1) is 23.7 Å². The van der Waals surface area contributed by atoms with Crippen molar-refractivity contribution in [2.75, 3.05) is 18.5 Å². The maximum absolute atomic E-state index is 12.0. The summed E-state index contributed by atoms with van der Waals surface area (Å²) < 4.78 is 4.80. The fourth-order valence-electron chi connectivity index (χ4n) is 2.14. The SMILES string of the molecule is CCOC(=O)/C=C/c1ccc(NC(=O)CNC(=O)c2ccccc2Cl)cc1. The predicted molar refractivity (Wildman–Crippen MR) is 105 cm³/mol. The van der Waals surface area contributed by atoms with Crippen molar-refractivity contribution in [3.8, 4) is 0 Å². The predicted octanol–water partition coefficient (Wildman–Crippen LogP) is 3.28. The first-order valence-corrected chi connectivity index (χ1v) is 8.65. The molecule has 0 radical (unpaired) electrons. The molecule has 140 valence electrons. The van der Waals surface area contributed by atoms with Gasteiger partial charge in [-0.3, -0.25) is 9.59 Å². The second-order valence-corrected chi connectivity index (χ2v) is 5.83. The lowest BCUT2D eigenvalue weighted by molar-refractivity contribution is -0.137. The van der Waals surface area contributed by atoms with Gasteiger partial charge in [-0.05, 0) is 42.8 Å². The lowest BCUT2D eigenvalue weighted by atomic mass is 10.2. The van der Waals surface area contributed by atoms with Crippen LogP contribution in [0.2, 0.25) is 5.02 Å². The maximum Gasteiger partial charge on any atom is 0.330 e. The van der Waals surface area contributed by atoms with Crippen molar-refractivity contribution in [1.82, 2.24) is 5.32 Å². The molecule has 0 spiro atoms. The van der Waals surface area contributed by atoms with Crippen molar-refractivity contribution in [3.05, 3.63) is 70.8 Å². The van der Waals surface area contributed by atoms with Gasteiger partial charge in [0.25, 0.3) is 5.91 Å². The van der Waals surface area contributed by atoms with Gasteiger partial charge in [-0.2, -0.15) is 0 Å². The van der Waals surface area contributed by atoms with Crippen LogP contribution in [0.5, 0.6) is 0 Å². The Hall–Kier alpha value is -3.12. The highest BCUT2D eigenvalue weighted by molar-refractivity contribution is 6.33. The van der Waals surface area contributed by atoms with Crippen molar-refractivity contribution in [1.29, 1.82) is 0 Å². The smallest absolute Gasteiger partial charge is 0.330 e. The van der Waals surface area contributed by atoms with Crippen LogP contribution in [0.15, 0.2) is 54.6 Å². The number of halogens is 1. The summed E-state index contributed by atoms with van der Waals surface area (Å²) in [6.45, 7) is 1.87. The van der Waals surface area contributed by atoms with Crippen LogP contribution >= 0.6 is 11.6 Å². The molecule has 0 aliphatic rings. The quantitative estimate of drug-likeness (QED) is 0.565. The molecule has 2 N–H and O–H groups in total. The Morgan fingerprint density at radius 1 is 1.07 bits per heavy atom. The summed E-state index contributed by atoms with van der Waals surface area (Å²) in [5.74, 6) is -1.20. The van der Waals surface area contributed by atoms with Gasteiger partial charge in [0.2, 0.25) is 5.91 Å². The zero-order valence-corrected chi connectivity index (χ0v) is 15.5. The molecule has 0 unspecified atom stereocenters. The number of anilines is 1.